The lowest BCUT2D eigenvalue weighted by molar-refractivity contribution is -0.121. The third kappa shape index (κ3) is 3.82. The highest BCUT2D eigenvalue weighted by Crippen LogP contribution is 2.14. The Kier molecular flexibility index (Phi) is 4.35. The van der Waals surface area contributed by atoms with Crippen LogP contribution in [-0.2, 0) is 11.2 Å². The molecule has 20 heavy (non-hydrogen) atoms. The second-order valence-electron chi connectivity index (χ2n) is 4.77. The van der Waals surface area contributed by atoms with Crippen LogP contribution in [0.1, 0.15) is 24.1 Å². The zero-order chi connectivity index (χ0) is 14.5. The molecule has 0 aromatic heterocycles. The summed E-state index contributed by atoms with van der Waals surface area (Å²) in [7, 11) is 0. The number of carbonyl (C=O) groups excluding carboxylic acids is 1. The van der Waals surface area contributed by atoms with Crippen molar-refractivity contribution in [2.24, 2.45) is 0 Å². The van der Waals surface area contributed by atoms with Gasteiger partial charge >= 0.3 is 0 Å². The molecule has 0 saturated heterocycles. The van der Waals surface area contributed by atoms with Gasteiger partial charge < -0.3 is 11.1 Å². The molecular formula is C16H17FN2O. The van der Waals surface area contributed by atoms with Gasteiger partial charge in [-0.05, 0) is 42.3 Å². The number of benzene rings is 2. The Hall–Kier alpha value is -2.36. The minimum absolute atomic E-state index is 0.118. The molecule has 104 valence electrons. The summed E-state index contributed by atoms with van der Waals surface area (Å²) in [4.78, 5) is 11.9. The molecule has 0 heterocycles. The van der Waals surface area contributed by atoms with Gasteiger partial charge in [-0.2, -0.15) is 0 Å². The number of amides is 1. The van der Waals surface area contributed by atoms with E-state index in [4.69, 9.17) is 5.73 Å². The number of nitrogen functional groups attached to an aromatic ring is 1. The van der Waals surface area contributed by atoms with Gasteiger partial charge in [-0.15, -0.1) is 0 Å². The Morgan fingerprint density at radius 1 is 1.25 bits per heavy atom. The Morgan fingerprint density at radius 2 is 2.00 bits per heavy atom. The highest BCUT2D eigenvalue weighted by molar-refractivity contribution is 5.79. The predicted molar refractivity (Wildman–Crippen MR) is 77.5 cm³/mol. The van der Waals surface area contributed by atoms with E-state index in [9.17, 15) is 9.18 Å². The highest BCUT2D eigenvalue weighted by Gasteiger charge is 2.10. The Balaban J connectivity index is 1.97. The van der Waals surface area contributed by atoms with Crippen LogP contribution < -0.4 is 11.1 Å². The molecule has 0 unspecified atom stereocenters. The minimum Gasteiger partial charge on any atom is -0.399 e. The first-order valence-electron chi connectivity index (χ1n) is 6.44. The standard InChI is InChI=1S/C16H17FN2O/c1-11(13-5-3-6-14(17)10-13)19-16(20)9-12-4-2-7-15(18)8-12/h2-8,10-11H,9,18H2,1H3,(H,19,20)/t11-/m1/s1. The summed E-state index contributed by atoms with van der Waals surface area (Å²) < 4.78 is 13.1. The van der Waals surface area contributed by atoms with Crippen molar-refractivity contribution in [1.29, 1.82) is 0 Å². The van der Waals surface area contributed by atoms with Crippen molar-refractivity contribution in [3.63, 3.8) is 0 Å². The van der Waals surface area contributed by atoms with Gasteiger partial charge in [0, 0.05) is 5.69 Å². The molecule has 2 rings (SSSR count). The molecule has 2 aromatic carbocycles. The Morgan fingerprint density at radius 3 is 2.70 bits per heavy atom. The van der Waals surface area contributed by atoms with E-state index in [0.717, 1.165) is 11.1 Å². The molecule has 1 amide bonds. The van der Waals surface area contributed by atoms with E-state index in [1.807, 2.05) is 19.1 Å². The second kappa shape index (κ2) is 6.19. The first kappa shape index (κ1) is 14.1. The average Bonchev–Trinajstić information content (AvgIpc) is 2.38. The fourth-order valence-corrected chi connectivity index (χ4v) is 2.04. The van der Waals surface area contributed by atoms with Crippen LogP contribution in [0.15, 0.2) is 48.5 Å². The Bertz CT molecular complexity index is 613. The van der Waals surface area contributed by atoms with E-state index in [2.05, 4.69) is 5.32 Å². The van der Waals surface area contributed by atoms with Gasteiger partial charge in [0.25, 0.3) is 0 Å². The van der Waals surface area contributed by atoms with E-state index in [0.29, 0.717) is 5.69 Å². The fraction of sp³-hybridized carbons (Fsp3) is 0.188. The third-order valence-electron chi connectivity index (χ3n) is 3.04. The van der Waals surface area contributed by atoms with Crippen LogP contribution >= 0.6 is 0 Å². The quantitative estimate of drug-likeness (QED) is 0.841. The number of hydrogen-bond acceptors (Lipinski definition) is 2. The van der Waals surface area contributed by atoms with Crippen molar-refractivity contribution >= 4 is 11.6 Å². The summed E-state index contributed by atoms with van der Waals surface area (Å²) in [6.45, 7) is 1.83. The van der Waals surface area contributed by atoms with Gasteiger partial charge in [-0.3, -0.25) is 4.79 Å². The van der Waals surface area contributed by atoms with Crippen LogP contribution in [0, 0.1) is 5.82 Å². The van der Waals surface area contributed by atoms with Crippen LogP contribution in [0.3, 0.4) is 0 Å². The van der Waals surface area contributed by atoms with Gasteiger partial charge in [-0.1, -0.05) is 24.3 Å². The molecule has 0 saturated carbocycles. The monoisotopic (exact) mass is 272 g/mol. The lowest BCUT2D eigenvalue weighted by Crippen LogP contribution is -2.28. The summed E-state index contributed by atoms with van der Waals surface area (Å²) in [5.74, 6) is -0.424. The van der Waals surface area contributed by atoms with Crippen molar-refractivity contribution < 1.29 is 9.18 Å². The lowest BCUT2D eigenvalue weighted by Gasteiger charge is -2.14. The van der Waals surface area contributed by atoms with Crippen LogP contribution in [0.2, 0.25) is 0 Å². The van der Waals surface area contributed by atoms with Gasteiger partial charge in [-0.25, -0.2) is 4.39 Å². The van der Waals surface area contributed by atoms with Gasteiger partial charge in [0.05, 0.1) is 12.5 Å². The summed E-state index contributed by atoms with van der Waals surface area (Å²) >= 11 is 0. The maximum Gasteiger partial charge on any atom is 0.224 e. The highest BCUT2D eigenvalue weighted by atomic mass is 19.1. The van der Waals surface area contributed by atoms with Crippen LogP contribution in [-0.4, -0.2) is 5.91 Å². The normalized spacial score (nSPS) is 11.9. The first-order valence-corrected chi connectivity index (χ1v) is 6.44. The number of rotatable bonds is 4. The van der Waals surface area contributed by atoms with E-state index in [1.165, 1.54) is 12.1 Å². The molecular weight excluding hydrogens is 255 g/mol. The maximum atomic E-state index is 13.1. The number of hydrogen-bond donors (Lipinski definition) is 2. The third-order valence-corrected chi connectivity index (χ3v) is 3.04. The lowest BCUT2D eigenvalue weighted by atomic mass is 10.1. The van der Waals surface area contributed by atoms with Gasteiger partial charge in [0.2, 0.25) is 5.91 Å². The largest absolute Gasteiger partial charge is 0.399 e. The zero-order valence-corrected chi connectivity index (χ0v) is 11.3. The van der Waals surface area contributed by atoms with Crippen molar-refractivity contribution in [3.05, 3.63) is 65.5 Å². The van der Waals surface area contributed by atoms with E-state index >= 15 is 0 Å². The summed E-state index contributed by atoms with van der Waals surface area (Å²) in [6, 6.07) is 13.2. The van der Waals surface area contributed by atoms with E-state index < -0.39 is 0 Å². The second-order valence-corrected chi connectivity index (χ2v) is 4.77. The molecule has 0 aliphatic heterocycles. The Labute approximate surface area is 117 Å². The molecule has 4 heteroatoms. The molecule has 0 bridgehead atoms. The number of nitrogens with two attached hydrogens (primary N) is 1. The SMILES string of the molecule is C[C@@H](NC(=O)Cc1cccc(N)c1)c1cccc(F)c1. The fourth-order valence-electron chi connectivity index (χ4n) is 2.04. The zero-order valence-electron chi connectivity index (χ0n) is 11.3. The summed E-state index contributed by atoms with van der Waals surface area (Å²) in [5.41, 5.74) is 7.90. The number of anilines is 1. The summed E-state index contributed by atoms with van der Waals surface area (Å²) in [5, 5.41) is 2.84. The van der Waals surface area contributed by atoms with Gasteiger partial charge in [0.15, 0.2) is 0 Å². The molecule has 2 aromatic rings. The van der Waals surface area contributed by atoms with Crippen LogP contribution in [0.25, 0.3) is 0 Å². The molecule has 0 aliphatic rings. The van der Waals surface area contributed by atoms with Crippen LogP contribution in [0.5, 0.6) is 0 Å². The molecule has 3 nitrogen and oxygen atoms in total. The maximum absolute atomic E-state index is 13.1. The van der Waals surface area contributed by atoms with E-state index in [1.54, 1.807) is 24.3 Å². The van der Waals surface area contributed by atoms with Crippen LogP contribution in [0.4, 0.5) is 10.1 Å². The van der Waals surface area contributed by atoms with Crippen molar-refractivity contribution in [2.45, 2.75) is 19.4 Å². The number of halogens is 1. The summed E-state index contributed by atoms with van der Waals surface area (Å²) in [6.07, 6.45) is 0.255. The smallest absolute Gasteiger partial charge is 0.224 e. The minimum atomic E-state index is -0.306. The average molecular weight is 272 g/mol. The van der Waals surface area contributed by atoms with Crippen molar-refractivity contribution in [3.8, 4) is 0 Å². The van der Waals surface area contributed by atoms with Crippen molar-refractivity contribution in [2.75, 3.05) is 5.73 Å². The molecule has 0 aliphatic carbocycles. The van der Waals surface area contributed by atoms with Gasteiger partial charge in [0.1, 0.15) is 5.82 Å². The molecule has 1 atom stereocenters. The molecule has 0 spiro atoms. The number of carbonyl (C=O) groups is 1. The number of nitrogens with one attached hydrogen (secondary N) is 1. The van der Waals surface area contributed by atoms with E-state index in [-0.39, 0.29) is 24.2 Å². The molecule has 3 N–H and O–H groups in total. The molecule has 0 radical (unpaired) electrons. The first-order chi connectivity index (χ1) is 9.54. The molecule has 0 fully saturated rings. The van der Waals surface area contributed by atoms with Crippen molar-refractivity contribution in [1.82, 2.24) is 5.32 Å². The predicted octanol–water partition coefficient (Wildman–Crippen LogP) is 2.83. The topological polar surface area (TPSA) is 55.1 Å².